The zero-order valence-corrected chi connectivity index (χ0v) is 14.4. The third-order valence-electron chi connectivity index (χ3n) is 3.03. The van der Waals surface area contributed by atoms with Gasteiger partial charge in [0, 0.05) is 6.54 Å². The van der Waals surface area contributed by atoms with Crippen molar-refractivity contribution in [3.8, 4) is 11.5 Å². The van der Waals surface area contributed by atoms with E-state index in [1.54, 1.807) is 14.2 Å². The lowest BCUT2D eigenvalue weighted by Gasteiger charge is -2.13. The van der Waals surface area contributed by atoms with E-state index in [0.717, 1.165) is 35.6 Å². The molecule has 0 aliphatic heterocycles. The van der Waals surface area contributed by atoms with Crippen molar-refractivity contribution >= 4 is 15.9 Å². The van der Waals surface area contributed by atoms with Gasteiger partial charge in [-0.05, 0) is 73.7 Å². The van der Waals surface area contributed by atoms with Crippen molar-refractivity contribution in [1.82, 2.24) is 10.2 Å². The van der Waals surface area contributed by atoms with Gasteiger partial charge in [0.1, 0.15) is 0 Å². The summed E-state index contributed by atoms with van der Waals surface area (Å²) in [5, 5.41) is 3.46. The first-order valence-electron chi connectivity index (χ1n) is 6.84. The molecule has 0 saturated heterocycles. The zero-order valence-electron chi connectivity index (χ0n) is 12.8. The molecular formula is C15H25BrN2O2. The smallest absolute Gasteiger partial charge is 0.174 e. The number of ether oxygens (including phenoxy) is 2. The zero-order chi connectivity index (χ0) is 15.0. The minimum Gasteiger partial charge on any atom is -0.493 e. The molecule has 1 rings (SSSR count). The van der Waals surface area contributed by atoms with Crippen molar-refractivity contribution in [2.45, 2.75) is 19.4 Å². The topological polar surface area (TPSA) is 33.7 Å². The second kappa shape index (κ2) is 9.21. The van der Waals surface area contributed by atoms with E-state index in [4.69, 9.17) is 9.47 Å². The van der Waals surface area contributed by atoms with Gasteiger partial charge in [0.05, 0.1) is 18.7 Å². The summed E-state index contributed by atoms with van der Waals surface area (Å²) in [5.74, 6) is 1.49. The van der Waals surface area contributed by atoms with Gasteiger partial charge in [0.2, 0.25) is 0 Å². The van der Waals surface area contributed by atoms with Gasteiger partial charge in [-0.1, -0.05) is 0 Å². The number of nitrogens with one attached hydrogen (secondary N) is 1. The number of hydrogen-bond acceptors (Lipinski definition) is 4. The number of hydrogen-bond donors (Lipinski definition) is 1. The van der Waals surface area contributed by atoms with Crippen molar-refractivity contribution < 1.29 is 9.47 Å². The fourth-order valence-corrected chi connectivity index (χ4v) is 2.64. The molecule has 4 nitrogen and oxygen atoms in total. The van der Waals surface area contributed by atoms with Crippen molar-refractivity contribution in [3.63, 3.8) is 0 Å². The fourth-order valence-electron chi connectivity index (χ4n) is 1.98. The molecule has 1 aromatic rings. The third kappa shape index (κ3) is 5.69. The first-order valence-corrected chi connectivity index (χ1v) is 7.63. The molecule has 114 valence electrons. The Labute approximate surface area is 130 Å². The maximum atomic E-state index is 5.34. The van der Waals surface area contributed by atoms with Crippen molar-refractivity contribution in [2.75, 3.05) is 41.4 Å². The minimum absolute atomic E-state index is 0.738. The van der Waals surface area contributed by atoms with Gasteiger partial charge >= 0.3 is 0 Å². The Kier molecular flexibility index (Phi) is 7.95. The van der Waals surface area contributed by atoms with Gasteiger partial charge in [-0.15, -0.1) is 0 Å². The Morgan fingerprint density at radius 2 is 1.90 bits per heavy atom. The molecule has 0 saturated carbocycles. The molecule has 0 atom stereocenters. The van der Waals surface area contributed by atoms with Crippen LogP contribution in [0.2, 0.25) is 0 Å². The fraction of sp³-hybridized carbons (Fsp3) is 0.600. The highest BCUT2D eigenvalue weighted by molar-refractivity contribution is 9.10. The maximum Gasteiger partial charge on any atom is 0.174 e. The molecule has 1 N–H and O–H groups in total. The highest BCUT2D eigenvalue weighted by Crippen LogP contribution is 2.36. The average molecular weight is 345 g/mol. The normalized spacial score (nSPS) is 10.9. The highest BCUT2D eigenvalue weighted by atomic mass is 79.9. The molecule has 5 heteroatoms. The van der Waals surface area contributed by atoms with Crippen LogP contribution in [0.5, 0.6) is 11.5 Å². The number of unbranched alkanes of at least 4 members (excludes halogenated alkanes) is 1. The number of rotatable bonds is 9. The van der Waals surface area contributed by atoms with Crippen LogP contribution in [-0.2, 0) is 6.54 Å². The number of methoxy groups -OCH3 is 2. The van der Waals surface area contributed by atoms with Crippen LogP contribution in [0, 0.1) is 0 Å². The van der Waals surface area contributed by atoms with Gasteiger partial charge in [0.25, 0.3) is 0 Å². The lowest BCUT2D eigenvalue weighted by atomic mass is 10.2. The van der Waals surface area contributed by atoms with Crippen LogP contribution >= 0.6 is 15.9 Å². The molecule has 0 aliphatic carbocycles. The van der Waals surface area contributed by atoms with Crippen LogP contribution in [0.1, 0.15) is 18.4 Å². The van der Waals surface area contributed by atoms with Gasteiger partial charge < -0.3 is 19.7 Å². The summed E-state index contributed by atoms with van der Waals surface area (Å²) in [6.45, 7) is 3.00. The van der Waals surface area contributed by atoms with Crippen LogP contribution < -0.4 is 14.8 Å². The van der Waals surface area contributed by atoms with E-state index in [0.29, 0.717) is 0 Å². The van der Waals surface area contributed by atoms with Gasteiger partial charge in [0.15, 0.2) is 11.5 Å². The number of halogens is 1. The van der Waals surface area contributed by atoms with E-state index in [1.807, 2.05) is 6.07 Å². The average Bonchev–Trinajstić information content (AvgIpc) is 2.41. The van der Waals surface area contributed by atoms with E-state index in [9.17, 15) is 0 Å². The summed E-state index contributed by atoms with van der Waals surface area (Å²) in [6, 6.07) is 4.07. The van der Waals surface area contributed by atoms with Crippen LogP contribution in [-0.4, -0.2) is 46.3 Å². The van der Waals surface area contributed by atoms with E-state index in [-0.39, 0.29) is 0 Å². The molecule has 0 aromatic heterocycles. The summed E-state index contributed by atoms with van der Waals surface area (Å²) < 4.78 is 11.6. The monoisotopic (exact) mass is 344 g/mol. The van der Waals surface area contributed by atoms with Crippen LogP contribution in [0.15, 0.2) is 16.6 Å². The van der Waals surface area contributed by atoms with Crippen molar-refractivity contribution in [1.29, 1.82) is 0 Å². The summed E-state index contributed by atoms with van der Waals surface area (Å²) in [5.41, 5.74) is 1.18. The van der Waals surface area contributed by atoms with Crippen molar-refractivity contribution in [3.05, 3.63) is 22.2 Å². The van der Waals surface area contributed by atoms with E-state index < -0.39 is 0 Å². The molecule has 0 radical (unpaired) electrons. The van der Waals surface area contributed by atoms with Gasteiger partial charge in [-0.2, -0.15) is 0 Å². The lowest BCUT2D eigenvalue weighted by molar-refractivity contribution is 0.352. The molecule has 0 spiro atoms. The van der Waals surface area contributed by atoms with E-state index in [1.165, 1.54) is 18.4 Å². The second-order valence-corrected chi connectivity index (χ2v) is 5.85. The summed E-state index contributed by atoms with van der Waals surface area (Å²) in [7, 11) is 7.51. The summed E-state index contributed by atoms with van der Waals surface area (Å²) >= 11 is 3.51. The molecule has 0 fully saturated rings. The van der Waals surface area contributed by atoms with Gasteiger partial charge in [-0.3, -0.25) is 0 Å². The minimum atomic E-state index is 0.738. The number of nitrogens with zero attached hydrogens (tertiary/aromatic N) is 1. The van der Waals surface area contributed by atoms with Gasteiger partial charge in [-0.25, -0.2) is 0 Å². The van der Waals surface area contributed by atoms with Crippen LogP contribution in [0.25, 0.3) is 0 Å². The highest BCUT2D eigenvalue weighted by Gasteiger charge is 2.10. The Morgan fingerprint density at radius 1 is 1.15 bits per heavy atom. The summed E-state index contributed by atoms with van der Waals surface area (Å²) in [4.78, 5) is 2.21. The maximum absolute atomic E-state index is 5.34. The predicted molar refractivity (Wildman–Crippen MR) is 86.7 cm³/mol. The second-order valence-electron chi connectivity index (χ2n) is 5.00. The number of benzene rings is 1. The van der Waals surface area contributed by atoms with Crippen molar-refractivity contribution in [2.24, 2.45) is 0 Å². The molecule has 20 heavy (non-hydrogen) atoms. The third-order valence-corrected chi connectivity index (χ3v) is 3.62. The Balaban J connectivity index is 2.42. The first-order chi connectivity index (χ1) is 9.58. The van der Waals surface area contributed by atoms with E-state index >= 15 is 0 Å². The quantitative estimate of drug-likeness (QED) is 0.698. The Morgan fingerprint density at radius 3 is 2.50 bits per heavy atom. The molecule has 0 amide bonds. The SMILES string of the molecule is COc1cc(CNCCCCN(C)C)cc(Br)c1OC. The molecule has 0 bridgehead atoms. The molecule has 0 unspecified atom stereocenters. The first kappa shape index (κ1) is 17.3. The molecule has 0 aliphatic rings. The molecule has 0 heterocycles. The van der Waals surface area contributed by atoms with Crippen LogP contribution in [0.4, 0.5) is 0 Å². The van der Waals surface area contributed by atoms with E-state index in [2.05, 4.69) is 46.3 Å². The summed E-state index contributed by atoms with van der Waals surface area (Å²) in [6.07, 6.45) is 2.41. The molecule has 1 aromatic carbocycles. The van der Waals surface area contributed by atoms with Crippen LogP contribution in [0.3, 0.4) is 0 Å². The predicted octanol–water partition coefficient (Wildman–Crippen LogP) is 2.90. The Bertz CT molecular complexity index is 411. The molecular weight excluding hydrogens is 320 g/mol. The largest absolute Gasteiger partial charge is 0.493 e. The Hall–Kier alpha value is -0.780. The standard InChI is InChI=1S/C15H25BrN2O2/c1-18(2)8-6-5-7-17-11-12-9-13(16)15(20-4)14(10-12)19-3/h9-10,17H,5-8,11H2,1-4H3. The lowest BCUT2D eigenvalue weighted by Crippen LogP contribution is -2.18.